The highest BCUT2D eigenvalue weighted by Crippen LogP contribution is 2.34. The van der Waals surface area contributed by atoms with E-state index in [4.69, 9.17) is 13.1 Å². The molecule has 0 fully saturated rings. The molecular formula is C50H58N6O4. The van der Waals surface area contributed by atoms with E-state index < -0.39 is 0 Å². The van der Waals surface area contributed by atoms with Crippen LogP contribution in [-0.2, 0) is 9.59 Å². The first-order chi connectivity index (χ1) is 28.5. The molecule has 2 aromatic carbocycles. The summed E-state index contributed by atoms with van der Waals surface area (Å²) in [5, 5.41) is 7.63. The second-order valence-electron chi connectivity index (χ2n) is 16.7. The Bertz CT molecular complexity index is 2430. The molecule has 0 saturated carbocycles. The van der Waals surface area contributed by atoms with E-state index in [-0.39, 0.29) is 48.6 Å². The van der Waals surface area contributed by atoms with Gasteiger partial charge in [-0.3, -0.25) is 19.2 Å². The molecule has 0 radical (unpaired) electrons. The van der Waals surface area contributed by atoms with E-state index in [0.29, 0.717) is 46.5 Å². The van der Waals surface area contributed by atoms with Gasteiger partial charge in [0.1, 0.15) is 0 Å². The van der Waals surface area contributed by atoms with Crippen molar-refractivity contribution >= 4 is 56.6 Å². The van der Waals surface area contributed by atoms with Crippen LogP contribution >= 0.6 is 0 Å². The number of carbonyl (C=O) groups is 4. The van der Waals surface area contributed by atoms with Gasteiger partial charge in [0.25, 0.3) is 11.8 Å². The third-order valence-electron chi connectivity index (χ3n) is 11.1. The summed E-state index contributed by atoms with van der Waals surface area (Å²) in [6.07, 6.45) is 12.6. The average molecular weight is 807 g/mol. The molecule has 4 aromatic rings. The number of aromatic nitrogens is 2. The van der Waals surface area contributed by atoms with Gasteiger partial charge in [0, 0.05) is 94.5 Å². The molecule has 0 aliphatic heterocycles. The SMILES string of the molecule is [C-]#[N+]c1cc(C(=O)NCC2=C(CCC)C=C(C)CC2=O)c2c(C)cn(C(C)C)c2c1.[C-]#[N+]c1cc(C(=O)NCC2=C(CCC)C=C(C)CC2=O)c2c(C)cn(C(C)C)c2c1. The average Bonchev–Trinajstić information content (AvgIpc) is 3.72. The van der Waals surface area contributed by atoms with Gasteiger partial charge in [-0.05, 0) is 115 Å². The zero-order chi connectivity index (χ0) is 44.0. The van der Waals surface area contributed by atoms with E-state index in [1.54, 1.807) is 12.1 Å². The van der Waals surface area contributed by atoms with Gasteiger partial charge in [-0.2, -0.15) is 0 Å². The number of rotatable bonds is 12. The second kappa shape index (κ2) is 19.2. The first kappa shape index (κ1) is 44.8. The molecule has 2 aromatic heterocycles. The van der Waals surface area contributed by atoms with Crippen LogP contribution in [0.5, 0.6) is 0 Å². The quantitative estimate of drug-likeness (QED) is 0.139. The minimum Gasteiger partial charge on any atom is -0.348 e. The van der Waals surface area contributed by atoms with Crippen molar-refractivity contribution in [1.29, 1.82) is 0 Å². The molecule has 2 amide bonds. The van der Waals surface area contributed by atoms with Gasteiger partial charge in [-0.15, -0.1) is 0 Å². The van der Waals surface area contributed by atoms with Crippen LogP contribution in [0.25, 0.3) is 31.5 Å². The molecule has 0 unspecified atom stereocenters. The van der Waals surface area contributed by atoms with E-state index in [1.807, 2.05) is 52.2 Å². The number of allylic oxidation sites excluding steroid dienone is 6. The van der Waals surface area contributed by atoms with Crippen LogP contribution in [-0.4, -0.2) is 45.6 Å². The molecule has 10 heteroatoms. The maximum absolute atomic E-state index is 13.2. The van der Waals surface area contributed by atoms with Crippen molar-refractivity contribution in [2.24, 2.45) is 0 Å². The summed E-state index contributed by atoms with van der Waals surface area (Å²) in [5.74, 6) is -0.336. The summed E-state index contributed by atoms with van der Waals surface area (Å²) in [6, 6.07) is 7.41. The first-order valence-corrected chi connectivity index (χ1v) is 21.0. The number of nitrogens with zero attached hydrogens (tertiary/aromatic N) is 4. The number of hydrogen-bond donors (Lipinski definition) is 2. The fourth-order valence-electron chi connectivity index (χ4n) is 8.37. The van der Waals surface area contributed by atoms with Crippen molar-refractivity contribution in [2.45, 2.75) is 120 Å². The molecule has 6 rings (SSSR count). The van der Waals surface area contributed by atoms with Crippen molar-refractivity contribution in [3.05, 3.63) is 127 Å². The number of ketones is 2. The van der Waals surface area contributed by atoms with Crippen molar-refractivity contribution in [3.8, 4) is 0 Å². The van der Waals surface area contributed by atoms with E-state index in [0.717, 1.165) is 80.9 Å². The molecule has 2 aliphatic carbocycles. The lowest BCUT2D eigenvalue weighted by Gasteiger charge is -2.18. The van der Waals surface area contributed by atoms with E-state index in [9.17, 15) is 19.2 Å². The third-order valence-corrected chi connectivity index (χ3v) is 11.1. The van der Waals surface area contributed by atoms with E-state index in [2.05, 4.69) is 83.2 Å². The summed E-state index contributed by atoms with van der Waals surface area (Å²) in [4.78, 5) is 58.6. The Morgan fingerprint density at radius 1 is 0.650 bits per heavy atom. The van der Waals surface area contributed by atoms with Gasteiger partial charge in [0.15, 0.2) is 22.9 Å². The predicted molar refractivity (Wildman–Crippen MR) is 242 cm³/mol. The van der Waals surface area contributed by atoms with Gasteiger partial charge < -0.3 is 19.8 Å². The standard InChI is InChI=1S/2C25H29N3O2/c2*1-7-8-18-9-16(4)10-23(29)21(18)13-27-25(30)20-11-19(26-6)12-22-24(20)17(5)14-28(22)15(2)3/h2*9,11-12,14-15H,7-8,10,13H2,1-5H3,(H,27,30). The number of carbonyl (C=O) groups excluding carboxylic acids is 4. The molecule has 2 heterocycles. The maximum Gasteiger partial charge on any atom is 0.250 e. The minimum atomic E-state index is -0.252. The second-order valence-corrected chi connectivity index (χ2v) is 16.7. The molecule has 0 spiro atoms. The highest BCUT2D eigenvalue weighted by atomic mass is 16.2. The summed E-state index contributed by atoms with van der Waals surface area (Å²) in [7, 11) is 0. The van der Waals surface area contributed by atoms with Crippen molar-refractivity contribution in [1.82, 2.24) is 19.8 Å². The zero-order valence-corrected chi connectivity index (χ0v) is 36.9. The number of amides is 2. The monoisotopic (exact) mass is 806 g/mol. The lowest BCUT2D eigenvalue weighted by Crippen LogP contribution is -2.29. The molecule has 2 aliphatic rings. The van der Waals surface area contributed by atoms with Crippen LogP contribution in [0.4, 0.5) is 11.4 Å². The molecule has 0 saturated heterocycles. The lowest BCUT2D eigenvalue weighted by molar-refractivity contribution is -0.116. The van der Waals surface area contributed by atoms with Gasteiger partial charge in [-0.1, -0.05) is 50.0 Å². The Labute approximate surface area is 354 Å². The van der Waals surface area contributed by atoms with E-state index >= 15 is 0 Å². The molecule has 0 atom stereocenters. The van der Waals surface area contributed by atoms with Gasteiger partial charge in [0.05, 0.1) is 13.1 Å². The molecule has 0 bridgehead atoms. The Hall–Kier alpha value is -6.26. The fraction of sp³-hybridized carbons (Fsp3) is 0.400. The van der Waals surface area contributed by atoms with Gasteiger partial charge >= 0.3 is 0 Å². The number of benzene rings is 2. The van der Waals surface area contributed by atoms with E-state index in [1.165, 1.54) is 0 Å². The summed E-state index contributed by atoms with van der Waals surface area (Å²) in [5.41, 5.74) is 11.2. The maximum atomic E-state index is 13.2. The fourth-order valence-corrected chi connectivity index (χ4v) is 8.37. The Morgan fingerprint density at radius 3 is 1.33 bits per heavy atom. The van der Waals surface area contributed by atoms with Crippen LogP contribution < -0.4 is 10.6 Å². The number of fused-ring (bicyclic) bond motifs is 2. The largest absolute Gasteiger partial charge is 0.348 e. The van der Waals surface area contributed by atoms with Crippen molar-refractivity contribution in [2.75, 3.05) is 13.1 Å². The normalized spacial score (nSPS) is 14.3. The van der Waals surface area contributed by atoms with Crippen LogP contribution in [0.1, 0.15) is 138 Å². The number of hydrogen-bond acceptors (Lipinski definition) is 4. The first-order valence-electron chi connectivity index (χ1n) is 21.0. The molecule has 60 heavy (non-hydrogen) atoms. The van der Waals surface area contributed by atoms with Gasteiger partial charge in [0.2, 0.25) is 0 Å². The number of Topliss-reactive ketones (excluding diaryl/α,β-unsaturated/α-hetero) is 2. The number of aryl methyl sites for hydroxylation is 2. The molecule has 10 nitrogen and oxygen atoms in total. The van der Waals surface area contributed by atoms with Crippen molar-refractivity contribution in [3.63, 3.8) is 0 Å². The minimum absolute atomic E-state index is 0.0842. The summed E-state index contributed by atoms with van der Waals surface area (Å²) < 4.78 is 4.19. The Kier molecular flexibility index (Phi) is 14.4. The van der Waals surface area contributed by atoms with Crippen LogP contribution in [0, 0.1) is 27.0 Å². The lowest BCUT2D eigenvalue weighted by atomic mass is 9.89. The predicted octanol–water partition coefficient (Wildman–Crippen LogP) is 11.7. The van der Waals surface area contributed by atoms with Crippen LogP contribution in [0.15, 0.2) is 82.2 Å². The molecule has 2 N–H and O–H groups in total. The van der Waals surface area contributed by atoms with Crippen molar-refractivity contribution < 1.29 is 19.2 Å². The summed E-state index contributed by atoms with van der Waals surface area (Å²) >= 11 is 0. The zero-order valence-electron chi connectivity index (χ0n) is 36.9. The Morgan fingerprint density at radius 2 is 1.02 bits per heavy atom. The van der Waals surface area contributed by atoms with Gasteiger partial charge in [-0.25, -0.2) is 9.69 Å². The smallest absolute Gasteiger partial charge is 0.250 e. The summed E-state index contributed by atoms with van der Waals surface area (Å²) in [6.45, 7) is 35.7. The highest BCUT2D eigenvalue weighted by molar-refractivity contribution is 6.11. The van der Waals surface area contributed by atoms with Crippen LogP contribution in [0.3, 0.4) is 0 Å². The van der Waals surface area contributed by atoms with Crippen LogP contribution in [0.2, 0.25) is 0 Å². The third kappa shape index (κ3) is 9.61. The molecule has 312 valence electrons. The number of nitrogens with one attached hydrogen (secondary N) is 2. The topological polar surface area (TPSA) is 111 Å². The Balaban J connectivity index is 0.000000228. The highest BCUT2D eigenvalue weighted by Gasteiger charge is 2.24. The molecular weight excluding hydrogens is 749 g/mol.